The minimum atomic E-state index is -0.987. The van der Waals surface area contributed by atoms with Crippen LogP contribution >= 0.6 is 0 Å². The summed E-state index contributed by atoms with van der Waals surface area (Å²) in [5, 5.41) is 13.0. The zero-order chi connectivity index (χ0) is 18.0. The Kier molecular flexibility index (Phi) is 4.81. The van der Waals surface area contributed by atoms with E-state index in [1.807, 2.05) is 0 Å². The molecule has 0 aliphatic carbocycles. The molecule has 1 aliphatic rings. The van der Waals surface area contributed by atoms with Crippen molar-refractivity contribution in [3.8, 4) is 5.75 Å². The van der Waals surface area contributed by atoms with Crippen LogP contribution in [-0.2, 0) is 4.79 Å². The van der Waals surface area contributed by atoms with Crippen LogP contribution in [-0.4, -0.2) is 23.7 Å². The number of amides is 1. The fourth-order valence-electron chi connectivity index (χ4n) is 2.61. The number of halogens is 2. The molecule has 0 spiro atoms. The first-order valence-electron chi connectivity index (χ1n) is 7.81. The van der Waals surface area contributed by atoms with E-state index in [9.17, 15) is 18.7 Å². The molecule has 0 bridgehead atoms. The van der Waals surface area contributed by atoms with Crippen LogP contribution in [0, 0.1) is 11.6 Å². The van der Waals surface area contributed by atoms with Crippen LogP contribution in [0.25, 0.3) is 6.08 Å². The van der Waals surface area contributed by atoms with Gasteiger partial charge in [0.25, 0.3) is 5.91 Å². The van der Waals surface area contributed by atoms with E-state index < -0.39 is 29.7 Å². The lowest BCUT2D eigenvalue weighted by Gasteiger charge is -2.23. The van der Waals surface area contributed by atoms with Gasteiger partial charge in [-0.2, -0.15) is 0 Å². The average molecular weight is 345 g/mol. The molecule has 6 heteroatoms. The number of fused-ring (bicyclic) bond motifs is 1. The highest BCUT2D eigenvalue weighted by atomic mass is 19.1. The summed E-state index contributed by atoms with van der Waals surface area (Å²) in [5.41, 5.74) is 1.31. The molecule has 2 atom stereocenters. The van der Waals surface area contributed by atoms with Gasteiger partial charge in [-0.3, -0.25) is 4.79 Å². The number of aliphatic hydroxyl groups is 1. The number of ether oxygens (including phenoxy) is 1. The second-order valence-electron chi connectivity index (χ2n) is 5.90. The number of carbonyl (C=O) groups is 1. The third-order valence-corrected chi connectivity index (χ3v) is 4.02. The molecule has 2 unspecified atom stereocenters. The molecule has 0 saturated carbocycles. The molecule has 3 rings (SSSR count). The maximum absolute atomic E-state index is 13.3. The Morgan fingerprint density at radius 2 is 1.84 bits per heavy atom. The van der Waals surface area contributed by atoms with Crippen molar-refractivity contribution >= 4 is 12.0 Å². The monoisotopic (exact) mass is 345 g/mol. The Balaban J connectivity index is 1.70. The highest BCUT2D eigenvalue weighted by molar-refractivity contribution is 5.99. The number of benzene rings is 2. The van der Waals surface area contributed by atoms with Gasteiger partial charge in [0.2, 0.25) is 0 Å². The Morgan fingerprint density at radius 1 is 1.16 bits per heavy atom. The number of carbonyl (C=O) groups excluding carboxylic acids is 1. The molecule has 1 amide bonds. The summed E-state index contributed by atoms with van der Waals surface area (Å²) in [4.78, 5) is 12.4. The molecule has 4 nitrogen and oxygen atoms in total. The summed E-state index contributed by atoms with van der Waals surface area (Å²) in [7, 11) is 0. The van der Waals surface area contributed by atoms with Crippen molar-refractivity contribution in [2.45, 2.75) is 19.1 Å². The average Bonchev–Trinajstić information content (AvgIpc) is 2.61. The molecular formula is C19H17F2NO3. The highest BCUT2D eigenvalue weighted by Crippen LogP contribution is 2.27. The van der Waals surface area contributed by atoms with Crippen molar-refractivity contribution in [1.82, 2.24) is 5.32 Å². The molecule has 2 aromatic rings. The predicted octanol–water partition coefficient (Wildman–Crippen LogP) is 2.98. The van der Waals surface area contributed by atoms with Gasteiger partial charge in [0.1, 0.15) is 24.0 Å². The van der Waals surface area contributed by atoms with Crippen LogP contribution in [0.5, 0.6) is 5.75 Å². The van der Waals surface area contributed by atoms with Crippen LogP contribution in [0.4, 0.5) is 8.78 Å². The van der Waals surface area contributed by atoms with E-state index in [4.69, 9.17) is 4.74 Å². The summed E-state index contributed by atoms with van der Waals surface area (Å²) in [5.74, 6) is -0.718. The lowest BCUT2D eigenvalue weighted by molar-refractivity contribution is -0.119. The van der Waals surface area contributed by atoms with Crippen molar-refractivity contribution in [3.05, 3.63) is 70.8 Å². The van der Waals surface area contributed by atoms with E-state index in [1.54, 1.807) is 13.0 Å². The van der Waals surface area contributed by atoms with Crippen molar-refractivity contribution in [2.24, 2.45) is 0 Å². The highest BCUT2D eigenvalue weighted by Gasteiger charge is 2.22. The van der Waals surface area contributed by atoms with Crippen molar-refractivity contribution in [2.75, 3.05) is 6.61 Å². The first kappa shape index (κ1) is 17.1. The lowest BCUT2D eigenvalue weighted by Crippen LogP contribution is -2.39. The van der Waals surface area contributed by atoms with Gasteiger partial charge in [0.05, 0.1) is 17.7 Å². The number of hydrogen-bond donors (Lipinski definition) is 2. The molecule has 0 aromatic heterocycles. The van der Waals surface area contributed by atoms with Crippen LogP contribution in [0.2, 0.25) is 0 Å². The molecule has 130 valence electrons. The van der Waals surface area contributed by atoms with Crippen LogP contribution in [0.15, 0.2) is 48.0 Å². The quantitative estimate of drug-likeness (QED) is 0.896. The van der Waals surface area contributed by atoms with Gasteiger partial charge in [-0.1, -0.05) is 12.1 Å². The van der Waals surface area contributed by atoms with Gasteiger partial charge in [0.15, 0.2) is 0 Å². The summed E-state index contributed by atoms with van der Waals surface area (Å²) < 4.78 is 31.7. The third kappa shape index (κ3) is 3.85. The van der Waals surface area contributed by atoms with Gasteiger partial charge < -0.3 is 15.2 Å². The SMILES string of the molecule is CC(NC(=O)C1=Cc2cc(F)ccc2OC1)C(O)c1ccc(F)cc1. The summed E-state index contributed by atoms with van der Waals surface area (Å²) >= 11 is 0. The van der Waals surface area contributed by atoms with Gasteiger partial charge in [-0.15, -0.1) is 0 Å². The minimum absolute atomic E-state index is 0.0594. The van der Waals surface area contributed by atoms with Crippen LogP contribution < -0.4 is 10.1 Å². The number of rotatable bonds is 4. The van der Waals surface area contributed by atoms with E-state index in [0.717, 1.165) is 0 Å². The smallest absolute Gasteiger partial charge is 0.250 e. The fourth-order valence-corrected chi connectivity index (χ4v) is 2.61. The molecule has 0 radical (unpaired) electrons. The van der Waals surface area contributed by atoms with E-state index in [-0.39, 0.29) is 6.61 Å². The van der Waals surface area contributed by atoms with Crippen molar-refractivity contribution < 1.29 is 23.4 Å². The Morgan fingerprint density at radius 3 is 2.56 bits per heavy atom. The third-order valence-electron chi connectivity index (χ3n) is 4.02. The number of hydrogen-bond acceptors (Lipinski definition) is 3. The number of aliphatic hydroxyl groups excluding tert-OH is 1. The zero-order valence-corrected chi connectivity index (χ0v) is 13.5. The summed E-state index contributed by atoms with van der Waals surface area (Å²) in [6.45, 7) is 1.70. The molecule has 0 fully saturated rings. The Bertz CT molecular complexity index is 818. The molecular weight excluding hydrogens is 328 g/mol. The molecule has 25 heavy (non-hydrogen) atoms. The molecule has 2 N–H and O–H groups in total. The Hall–Kier alpha value is -2.73. The minimum Gasteiger partial charge on any atom is -0.488 e. The fraction of sp³-hybridized carbons (Fsp3) is 0.211. The van der Waals surface area contributed by atoms with Gasteiger partial charge in [-0.25, -0.2) is 8.78 Å². The maximum Gasteiger partial charge on any atom is 0.250 e. The van der Waals surface area contributed by atoms with Crippen LogP contribution in [0.3, 0.4) is 0 Å². The molecule has 1 aliphatic heterocycles. The van der Waals surface area contributed by atoms with E-state index in [0.29, 0.717) is 22.4 Å². The largest absolute Gasteiger partial charge is 0.488 e. The van der Waals surface area contributed by atoms with Gasteiger partial charge in [-0.05, 0) is 48.9 Å². The first-order chi connectivity index (χ1) is 11.9. The van der Waals surface area contributed by atoms with Gasteiger partial charge >= 0.3 is 0 Å². The van der Waals surface area contributed by atoms with Gasteiger partial charge in [0, 0.05) is 5.56 Å². The standard InChI is InChI=1S/C19H17F2NO3/c1-11(18(23)12-2-4-15(20)5-3-12)22-19(24)14-8-13-9-16(21)6-7-17(13)25-10-14/h2-9,11,18,23H,10H2,1H3,(H,22,24). The molecule has 0 saturated heterocycles. The van der Waals surface area contributed by atoms with E-state index in [2.05, 4.69) is 5.32 Å². The van der Waals surface area contributed by atoms with Crippen LogP contribution in [0.1, 0.15) is 24.2 Å². The normalized spacial score (nSPS) is 15.4. The van der Waals surface area contributed by atoms with Crippen molar-refractivity contribution in [1.29, 1.82) is 0 Å². The molecule has 1 heterocycles. The van der Waals surface area contributed by atoms with E-state index >= 15 is 0 Å². The second kappa shape index (κ2) is 7.03. The predicted molar refractivity (Wildman–Crippen MR) is 88.8 cm³/mol. The Labute approximate surface area is 143 Å². The maximum atomic E-state index is 13.3. The summed E-state index contributed by atoms with van der Waals surface area (Å²) in [6, 6.07) is 8.91. The zero-order valence-electron chi connectivity index (χ0n) is 13.5. The lowest BCUT2D eigenvalue weighted by atomic mass is 10.0. The first-order valence-corrected chi connectivity index (χ1v) is 7.81. The number of nitrogens with one attached hydrogen (secondary N) is 1. The molecule has 2 aromatic carbocycles. The van der Waals surface area contributed by atoms with E-state index in [1.165, 1.54) is 42.5 Å². The van der Waals surface area contributed by atoms with Crippen molar-refractivity contribution in [3.63, 3.8) is 0 Å². The summed E-state index contributed by atoms with van der Waals surface area (Å²) in [6.07, 6.45) is 0.577. The topological polar surface area (TPSA) is 58.6 Å². The second-order valence-corrected chi connectivity index (χ2v) is 5.90.